The number of hydrogen-bond acceptors (Lipinski definition) is 6. The number of hydrogen-bond donors (Lipinski definition) is 4. The van der Waals surface area contributed by atoms with Crippen LogP contribution in [0.1, 0.15) is 90.3 Å². The van der Waals surface area contributed by atoms with Gasteiger partial charge in [0.05, 0.1) is 0 Å². The Morgan fingerprint density at radius 3 is 2.15 bits per heavy atom. The first-order chi connectivity index (χ1) is 19.5. The van der Waals surface area contributed by atoms with Crippen LogP contribution in [0.15, 0.2) is 48.5 Å². The highest BCUT2D eigenvalue weighted by Crippen LogP contribution is 2.30. The van der Waals surface area contributed by atoms with Gasteiger partial charge in [0.2, 0.25) is 11.8 Å². The molecular formula is C32H47N3O6. The van der Waals surface area contributed by atoms with Crippen molar-refractivity contribution >= 4 is 17.9 Å². The van der Waals surface area contributed by atoms with Crippen LogP contribution in [0.3, 0.4) is 0 Å². The second-order valence-electron chi connectivity index (χ2n) is 11.3. The number of ether oxygens (including phenoxy) is 1. The summed E-state index contributed by atoms with van der Waals surface area (Å²) in [6.07, 6.45) is 4.46. The summed E-state index contributed by atoms with van der Waals surface area (Å²) in [5.74, 6) is -0.882. The van der Waals surface area contributed by atoms with Crippen molar-refractivity contribution in [1.29, 1.82) is 0 Å². The first-order valence-corrected chi connectivity index (χ1v) is 14.6. The Hall–Kier alpha value is -3.75. The first-order valence-electron chi connectivity index (χ1n) is 14.6. The summed E-state index contributed by atoms with van der Waals surface area (Å²) < 4.78 is 5.46. The molecule has 226 valence electrons. The SMILES string of the molecule is CCCCCNC(=O)C(c1ccccc1O)N(CCCCC)C(=O)C(Cc1ccc(O)cc1)NC(=O)OC(C)(C)C. The van der Waals surface area contributed by atoms with Crippen molar-refractivity contribution in [2.24, 2.45) is 0 Å². The molecule has 0 spiro atoms. The Balaban J connectivity index is 2.53. The van der Waals surface area contributed by atoms with E-state index >= 15 is 0 Å². The number of carbonyl (C=O) groups is 3. The summed E-state index contributed by atoms with van der Waals surface area (Å²) >= 11 is 0. The van der Waals surface area contributed by atoms with Crippen molar-refractivity contribution in [3.8, 4) is 11.5 Å². The van der Waals surface area contributed by atoms with Crippen LogP contribution in [0.4, 0.5) is 4.79 Å². The maximum Gasteiger partial charge on any atom is 0.408 e. The van der Waals surface area contributed by atoms with Crippen LogP contribution in [0, 0.1) is 0 Å². The Bertz CT molecular complexity index is 1110. The van der Waals surface area contributed by atoms with E-state index in [9.17, 15) is 24.6 Å². The summed E-state index contributed by atoms with van der Waals surface area (Å²) in [5.41, 5.74) is 0.230. The molecule has 0 saturated heterocycles. The number of phenols is 2. The van der Waals surface area contributed by atoms with Crippen LogP contribution in [0.5, 0.6) is 11.5 Å². The molecule has 0 aliphatic heterocycles. The van der Waals surface area contributed by atoms with E-state index in [1.165, 1.54) is 23.1 Å². The fourth-order valence-electron chi connectivity index (χ4n) is 4.47. The smallest absolute Gasteiger partial charge is 0.408 e. The number of amides is 3. The van der Waals surface area contributed by atoms with Gasteiger partial charge in [-0.2, -0.15) is 0 Å². The Morgan fingerprint density at radius 2 is 1.54 bits per heavy atom. The van der Waals surface area contributed by atoms with Gasteiger partial charge in [-0.25, -0.2) is 4.79 Å². The third kappa shape index (κ3) is 11.3. The van der Waals surface area contributed by atoms with Gasteiger partial charge in [-0.3, -0.25) is 9.59 Å². The van der Waals surface area contributed by atoms with Crippen LogP contribution >= 0.6 is 0 Å². The largest absolute Gasteiger partial charge is 0.508 e. The van der Waals surface area contributed by atoms with E-state index < -0.39 is 35.6 Å². The molecule has 0 heterocycles. The first kappa shape index (κ1) is 33.5. The lowest BCUT2D eigenvalue weighted by molar-refractivity contribution is -0.142. The minimum Gasteiger partial charge on any atom is -0.508 e. The lowest BCUT2D eigenvalue weighted by Gasteiger charge is -2.35. The van der Waals surface area contributed by atoms with Crippen molar-refractivity contribution in [2.45, 2.75) is 97.2 Å². The number of carbonyl (C=O) groups excluding carboxylic acids is 3. The molecule has 2 atom stereocenters. The van der Waals surface area contributed by atoms with Gasteiger partial charge in [-0.1, -0.05) is 69.9 Å². The number of aromatic hydroxyl groups is 2. The summed E-state index contributed by atoms with van der Waals surface area (Å²) in [4.78, 5) is 42.4. The molecule has 2 aromatic rings. The molecule has 0 saturated carbocycles. The van der Waals surface area contributed by atoms with Gasteiger partial charge in [-0.05, 0) is 57.4 Å². The molecule has 41 heavy (non-hydrogen) atoms. The molecular weight excluding hydrogens is 522 g/mol. The topological polar surface area (TPSA) is 128 Å². The number of unbranched alkanes of at least 4 members (excludes halogenated alkanes) is 4. The third-order valence-corrected chi connectivity index (χ3v) is 6.52. The van der Waals surface area contributed by atoms with Crippen LogP contribution in [0.25, 0.3) is 0 Å². The van der Waals surface area contributed by atoms with E-state index in [-0.39, 0.29) is 24.5 Å². The number of rotatable bonds is 15. The standard InChI is InChI=1S/C32H47N3O6/c1-6-8-12-20-33-29(38)28(25-14-10-11-15-27(25)37)35(21-13-9-7-2)30(39)26(34-31(40)41-32(3,4)5)22-23-16-18-24(36)19-17-23/h10-11,14-19,26,28,36-37H,6-9,12-13,20-22H2,1-5H3,(H,33,38)(H,34,40). The fraction of sp³-hybridized carbons (Fsp3) is 0.531. The lowest BCUT2D eigenvalue weighted by Crippen LogP contribution is -2.54. The summed E-state index contributed by atoms with van der Waals surface area (Å²) in [6.45, 7) is 10.0. The molecule has 0 bridgehead atoms. The summed E-state index contributed by atoms with van der Waals surface area (Å²) in [7, 11) is 0. The quantitative estimate of drug-likeness (QED) is 0.207. The molecule has 0 aliphatic carbocycles. The van der Waals surface area contributed by atoms with Crippen molar-refractivity contribution < 1.29 is 29.3 Å². The van der Waals surface area contributed by atoms with Gasteiger partial charge in [-0.15, -0.1) is 0 Å². The average Bonchev–Trinajstić information content (AvgIpc) is 2.91. The molecule has 0 radical (unpaired) electrons. The van der Waals surface area contributed by atoms with Gasteiger partial charge >= 0.3 is 6.09 Å². The fourth-order valence-corrected chi connectivity index (χ4v) is 4.47. The second kappa shape index (κ2) is 16.5. The Labute approximate surface area is 244 Å². The van der Waals surface area contributed by atoms with Gasteiger partial charge < -0.3 is 30.5 Å². The monoisotopic (exact) mass is 569 g/mol. The van der Waals surface area contributed by atoms with E-state index in [0.717, 1.165) is 32.1 Å². The normalized spacial score (nSPS) is 12.7. The molecule has 9 nitrogen and oxygen atoms in total. The van der Waals surface area contributed by atoms with E-state index in [0.29, 0.717) is 24.1 Å². The number of para-hydroxylation sites is 1. The minimum absolute atomic E-state index is 0.0808. The molecule has 9 heteroatoms. The van der Waals surface area contributed by atoms with Crippen LogP contribution in [-0.2, 0) is 20.7 Å². The molecule has 0 aliphatic rings. The second-order valence-corrected chi connectivity index (χ2v) is 11.3. The Kier molecular flexibility index (Phi) is 13.5. The Morgan fingerprint density at radius 1 is 0.902 bits per heavy atom. The van der Waals surface area contributed by atoms with Crippen LogP contribution < -0.4 is 10.6 Å². The zero-order chi connectivity index (χ0) is 30.4. The minimum atomic E-state index is -1.11. The highest BCUT2D eigenvalue weighted by Gasteiger charge is 2.37. The maximum absolute atomic E-state index is 14.4. The molecule has 2 unspecified atom stereocenters. The highest BCUT2D eigenvalue weighted by molar-refractivity contribution is 5.92. The number of benzene rings is 2. The highest BCUT2D eigenvalue weighted by atomic mass is 16.6. The number of phenolic OH excluding ortho intramolecular Hbond substituents is 2. The molecule has 2 aromatic carbocycles. The van der Waals surface area contributed by atoms with E-state index in [1.54, 1.807) is 51.1 Å². The van der Waals surface area contributed by atoms with Crippen molar-refractivity contribution in [3.63, 3.8) is 0 Å². The van der Waals surface area contributed by atoms with E-state index in [1.807, 2.05) is 6.92 Å². The molecule has 3 amide bonds. The third-order valence-electron chi connectivity index (χ3n) is 6.52. The van der Waals surface area contributed by atoms with Gasteiger partial charge in [0, 0.05) is 25.1 Å². The van der Waals surface area contributed by atoms with Gasteiger partial charge in [0.1, 0.15) is 29.2 Å². The van der Waals surface area contributed by atoms with Gasteiger partial charge in [0.25, 0.3) is 0 Å². The number of alkyl carbamates (subject to hydrolysis) is 1. The molecule has 2 rings (SSSR count). The van der Waals surface area contributed by atoms with Crippen molar-refractivity contribution in [1.82, 2.24) is 15.5 Å². The lowest BCUT2D eigenvalue weighted by atomic mass is 9.99. The van der Waals surface area contributed by atoms with Crippen molar-refractivity contribution in [3.05, 3.63) is 59.7 Å². The predicted octanol–water partition coefficient (Wildman–Crippen LogP) is 5.60. The van der Waals surface area contributed by atoms with E-state index in [4.69, 9.17) is 4.74 Å². The van der Waals surface area contributed by atoms with Gasteiger partial charge in [0.15, 0.2) is 0 Å². The molecule has 4 N–H and O–H groups in total. The van der Waals surface area contributed by atoms with Crippen LogP contribution in [0.2, 0.25) is 0 Å². The average molecular weight is 570 g/mol. The number of nitrogens with one attached hydrogen (secondary N) is 2. The zero-order valence-electron chi connectivity index (χ0n) is 25.1. The zero-order valence-corrected chi connectivity index (χ0v) is 25.1. The maximum atomic E-state index is 14.4. The van der Waals surface area contributed by atoms with Crippen LogP contribution in [-0.4, -0.2) is 57.8 Å². The summed E-state index contributed by atoms with van der Waals surface area (Å²) in [5, 5.41) is 26.2. The predicted molar refractivity (Wildman–Crippen MR) is 160 cm³/mol. The molecule has 0 fully saturated rings. The van der Waals surface area contributed by atoms with E-state index in [2.05, 4.69) is 17.6 Å². The molecule has 0 aromatic heterocycles. The van der Waals surface area contributed by atoms with Crippen molar-refractivity contribution in [2.75, 3.05) is 13.1 Å². The summed E-state index contributed by atoms with van der Waals surface area (Å²) in [6, 6.07) is 10.7. The number of nitrogens with zero attached hydrogens (tertiary/aromatic N) is 1.